The first-order valence-corrected chi connectivity index (χ1v) is 9.43. The Kier molecular flexibility index (Phi) is 4.46. The van der Waals surface area contributed by atoms with Gasteiger partial charge in [0.25, 0.3) is 0 Å². The molecular weight excluding hydrogens is 308 g/mol. The molecule has 124 valence electrons. The Morgan fingerprint density at radius 3 is 3.00 bits per heavy atom. The van der Waals surface area contributed by atoms with Crippen molar-refractivity contribution >= 4 is 11.3 Å². The van der Waals surface area contributed by atoms with Crippen molar-refractivity contribution in [2.75, 3.05) is 19.8 Å². The molecule has 1 aliphatic carbocycles. The number of thiazole rings is 1. The molecular formula is C17H24N4OS. The molecule has 0 N–H and O–H groups in total. The number of fused-ring (bicyclic) bond motifs is 1. The highest BCUT2D eigenvalue weighted by Gasteiger charge is 2.32. The van der Waals surface area contributed by atoms with Crippen molar-refractivity contribution in [3.05, 3.63) is 34.3 Å². The predicted octanol–water partition coefficient (Wildman–Crippen LogP) is 2.89. The van der Waals surface area contributed by atoms with Crippen molar-refractivity contribution in [3.8, 4) is 0 Å². The SMILES string of the molecule is CCOC[C@@H]1CN(Cc2nccs2)Cc2ncn(CC3CC3)c21. The maximum atomic E-state index is 5.78. The summed E-state index contributed by atoms with van der Waals surface area (Å²) < 4.78 is 8.18. The van der Waals surface area contributed by atoms with E-state index in [1.165, 1.54) is 29.2 Å². The molecule has 0 bridgehead atoms. The van der Waals surface area contributed by atoms with Gasteiger partial charge in [0.2, 0.25) is 0 Å². The molecule has 0 unspecified atom stereocenters. The van der Waals surface area contributed by atoms with Crippen LogP contribution in [-0.4, -0.2) is 39.2 Å². The summed E-state index contributed by atoms with van der Waals surface area (Å²) in [5.74, 6) is 1.29. The van der Waals surface area contributed by atoms with Crippen molar-refractivity contribution in [2.24, 2.45) is 5.92 Å². The number of aromatic nitrogens is 3. The molecule has 1 atom stereocenters. The number of hydrogen-bond acceptors (Lipinski definition) is 5. The summed E-state index contributed by atoms with van der Waals surface area (Å²) in [7, 11) is 0. The lowest BCUT2D eigenvalue weighted by molar-refractivity contribution is 0.102. The Morgan fingerprint density at radius 2 is 2.26 bits per heavy atom. The van der Waals surface area contributed by atoms with Gasteiger partial charge in [0.1, 0.15) is 5.01 Å². The first kappa shape index (κ1) is 15.3. The molecule has 0 radical (unpaired) electrons. The third kappa shape index (κ3) is 3.49. The van der Waals surface area contributed by atoms with Gasteiger partial charge in [-0.15, -0.1) is 11.3 Å². The summed E-state index contributed by atoms with van der Waals surface area (Å²) in [6.07, 6.45) is 6.69. The summed E-state index contributed by atoms with van der Waals surface area (Å²) in [4.78, 5) is 11.6. The van der Waals surface area contributed by atoms with Crippen LogP contribution in [0.4, 0.5) is 0 Å². The maximum Gasteiger partial charge on any atom is 0.107 e. The van der Waals surface area contributed by atoms with E-state index >= 15 is 0 Å². The second-order valence-corrected chi connectivity index (χ2v) is 7.60. The minimum atomic E-state index is 0.417. The fraction of sp³-hybridized carbons (Fsp3) is 0.647. The van der Waals surface area contributed by atoms with E-state index in [1.807, 2.05) is 11.6 Å². The average Bonchev–Trinajstić information content (AvgIpc) is 3.05. The Balaban J connectivity index is 1.54. The van der Waals surface area contributed by atoms with E-state index in [2.05, 4.69) is 27.7 Å². The smallest absolute Gasteiger partial charge is 0.107 e. The zero-order valence-electron chi connectivity index (χ0n) is 13.6. The van der Waals surface area contributed by atoms with Crippen LogP contribution < -0.4 is 0 Å². The molecule has 0 aromatic carbocycles. The molecule has 2 aromatic rings. The van der Waals surface area contributed by atoms with Gasteiger partial charge in [-0.05, 0) is 25.7 Å². The average molecular weight is 332 g/mol. The Hall–Kier alpha value is -1.24. The molecule has 2 aromatic heterocycles. The predicted molar refractivity (Wildman–Crippen MR) is 90.4 cm³/mol. The number of nitrogens with zero attached hydrogens (tertiary/aromatic N) is 4. The first-order chi connectivity index (χ1) is 11.3. The van der Waals surface area contributed by atoms with Crippen LogP contribution in [0.25, 0.3) is 0 Å². The lowest BCUT2D eigenvalue weighted by atomic mass is 9.98. The molecule has 0 saturated heterocycles. The molecule has 1 saturated carbocycles. The molecule has 1 aliphatic heterocycles. The van der Waals surface area contributed by atoms with Crippen molar-refractivity contribution < 1.29 is 4.74 Å². The van der Waals surface area contributed by atoms with Crippen molar-refractivity contribution in [1.29, 1.82) is 0 Å². The largest absolute Gasteiger partial charge is 0.381 e. The van der Waals surface area contributed by atoms with Gasteiger partial charge in [0.05, 0.1) is 25.2 Å². The molecule has 0 spiro atoms. The minimum Gasteiger partial charge on any atom is -0.381 e. The van der Waals surface area contributed by atoms with Crippen LogP contribution >= 0.6 is 11.3 Å². The number of rotatable bonds is 7. The van der Waals surface area contributed by atoms with Gasteiger partial charge in [0, 0.05) is 49.4 Å². The topological polar surface area (TPSA) is 43.2 Å². The zero-order chi connectivity index (χ0) is 15.6. The molecule has 6 heteroatoms. The number of imidazole rings is 1. The van der Waals surface area contributed by atoms with Crippen molar-refractivity contribution in [3.63, 3.8) is 0 Å². The highest BCUT2D eigenvalue weighted by Crippen LogP contribution is 2.34. The van der Waals surface area contributed by atoms with Crippen molar-refractivity contribution in [2.45, 2.75) is 45.3 Å². The molecule has 5 nitrogen and oxygen atoms in total. The monoisotopic (exact) mass is 332 g/mol. The lowest BCUT2D eigenvalue weighted by Gasteiger charge is -2.32. The van der Waals surface area contributed by atoms with Crippen LogP contribution in [0, 0.1) is 5.92 Å². The summed E-state index contributed by atoms with van der Waals surface area (Å²) >= 11 is 1.73. The fourth-order valence-electron chi connectivity index (χ4n) is 3.46. The van der Waals surface area contributed by atoms with E-state index in [-0.39, 0.29) is 0 Å². The molecule has 0 amide bonds. The van der Waals surface area contributed by atoms with Gasteiger partial charge in [-0.25, -0.2) is 9.97 Å². The van der Waals surface area contributed by atoms with Gasteiger partial charge in [-0.2, -0.15) is 0 Å². The van der Waals surface area contributed by atoms with Gasteiger partial charge in [0.15, 0.2) is 0 Å². The highest BCUT2D eigenvalue weighted by molar-refractivity contribution is 7.09. The maximum absolute atomic E-state index is 5.78. The Morgan fingerprint density at radius 1 is 1.35 bits per heavy atom. The van der Waals surface area contributed by atoms with Gasteiger partial charge < -0.3 is 9.30 Å². The van der Waals surface area contributed by atoms with E-state index in [0.29, 0.717) is 5.92 Å². The minimum absolute atomic E-state index is 0.417. The summed E-state index contributed by atoms with van der Waals surface area (Å²) in [5, 5.41) is 3.23. The van der Waals surface area contributed by atoms with Gasteiger partial charge >= 0.3 is 0 Å². The number of ether oxygens (including phenoxy) is 1. The number of hydrogen-bond donors (Lipinski definition) is 0. The summed E-state index contributed by atoms with van der Waals surface area (Å²) in [5.41, 5.74) is 2.65. The standard InChI is InChI=1S/C17H24N4OS/c1-2-22-11-14-8-20(10-16-18-5-6-23-16)9-15-17(14)21(12-19-15)7-13-3-4-13/h5-6,12-14H,2-4,7-11H2,1H3/t14-/m0/s1. The van der Waals surface area contributed by atoms with E-state index in [9.17, 15) is 0 Å². The molecule has 23 heavy (non-hydrogen) atoms. The second kappa shape index (κ2) is 6.71. The van der Waals surface area contributed by atoms with E-state index in [0.717, 1.165) is 45.3 Å². The van der Waals surface area contributed by atoms with Crippen molar-refractivity contribution in [1.82, 2.24) is 19.4 Å². The van der Waals surface area contributed by atoms with E-state index < -0.39 is 0 Å². The Labute approximate surface area is 141 Å². The molecule has 1 fully saturated rings. The van der Waals surface area contributed by atoms with Crippen LogP contribution in [0.5, 0.6) is 0 Å². The normalized spacial score (nSPS) is 21.5. The van der Waals surface area contributed by atoms with Crippen LogP contribution in [0.3, 0.4) is 0 Å². The fourth-order valence-corrected chi connectivity index (χ4v) is 4.12. The first-order valence-electron chi connectivity index (χ1n) is 8.55. The lowest BCUT2D eigenvalue weighted by Crippen LogP contribution is -2.36. The second-order valence-electron chi connectivity index (χ2n) is 6.62. The molecule has 4 rings (SSSR count). The third-order valence-corrected chi connectivity index (χ3v) is 5.48. The van der Waals surface area contributed by atoms with E-state index in [1.54, 1.807) is 11.3 Å². The Bertz CT molecular complexity index is 635. The van der Waals surface area contributed by atoms with Gasteiger partial charge in [-0.1, -0.05) is 0 Å². The third-order valence-electron chi connectivity index (χ3n) is 4.71. The van der Waals surface area contributed by atoms with Crippen LogP contribution in [0.1, 0.15) is 42.1 Å². The van der Waals surface area contributed by atoms with Crippen LogP contribution in [0.15, 0.2) is 17.9 Å². The van der Waals surface area contributed by atoms with E-state index in [4.69, 9.17) is 9.72 Å². The quantitative estimate of drug-likeness (QED) is 0.782. The molecule has 2 aliphatic rings. The van der Waals surface area contributed by atoms with Gasteiger partial charge in [-0.3, -0.25) is 4.90 Å². The van der Waals surface area contributed by atoms with Crippen LogP contribution in [-0.2, 0) is 24.4 Å². The van der Waals surface area contributed by atoms with Crippen LogP contribution in [0.2, 0.25) is 0 Å². The highest BCUT2D eigenvalue weighted by atomic mass is 32.1. The zero-order valence-corrected chi connectivity index (χ0v) is 14.5. The summed E-state index contributed by atoms with van der Waals surface area (Å²) in [6.45, 7) is 7.63. The molecule has 3 heterocycles. The summed E-state index contributed by atoms with van der Waals surface area (Å²) in [6, 6.07) is 0.